The Morgan fingerprint density at radius 1 is 1.24 bits per heavy atom. The third kappa shape index (κ3) is 5.14. The third-order valence-corrected chi connectivity index (χ3v) is 8.05. The highest BCUT2D eigenvalue weighted by molar-refractivity contribution is 7.16. The Bertz CT molecular complexity index is 1500. The lowest BCUT2D eigenvalue weighted by atomic mass is 10.1. The van der Waals surface area contributed by atoms with E-state index >= 15 is 0 Å². The monoisotopic (exact) mass is 535 g/mol. The maximum Gasteiger partial charge on any atom is 0.262 e. The number of fused-ring (bicyclic) bond motifs is 1. The number of hydrogen-bond acceptors (Lipinski definition) is 7. The first-order valence-corrected chi connectivity index (χ1v) is 13.1. The summed E-state index contributed by atoms with van der Waals surface area (Å²) in [6.45, 7) is 3.85. The summed E-state index contributed by atoms with van der Waals surface area (Å²) in [5.74, 6) is 0.394. The van der Waals surface area contributed by atoms with E-state index < -0.39 is 12.0 Å². The molecule has 2 aromatic heterocycles. The molecule has 2 N–H and O–H groups in total. The number of aromatic nitrogens is 2. The molecule has 0 bridgehead atoms. The number of likely N-dealkylation sites (tertiary alicyclic amines) is 1. The molecule has 1 aliphatic heterocycles. The highest BCUT2D eigenvalue weighted by Gasteiger charge is 2.24. The molecule has 0 spiro atoms. The molecule has 0 aliphatic carbocycles. The van der Waals surface area contributed by atoms with Crippen molar-refractivity contribution in [2.75, 3.05) is 20.1 Å². The van der Waals surface area contributed by atoms with Crippen molar-refractivity contribution in [3.63, 3.8) is 0 Å². The van der Waals surface area contributed by atoms with Crippen LogP contribution in [0.4, 0.5) is 0 Å². The van der Waals surface area contributed by atoms with Crippen molar-refractivity contribution in [2.24, 2.45) is 5.73 Å². The molecule has 3 heterocycles. The van der Waals surface area contributed by atoms with Crippen LogP contribution in [0.25, 0.3) is 16.0 Å². The van der Waals surface area contributed by atoms with E-state index in [1.165, 1.54) is 11.3 Å². The van der Waals surface area contributed by atoms with Crippen molar-refractivity contribution in [1.82, 2.24) is 14.5 Å². The second-order valence-electron chi connectivity index (χ2n) is 9.11. The van der Waals surface area contributed by atoms with Crippen LogP contribution in [0.2, 0.25) is 5.02 Å². The second kappa shape index (κ2) is 10.4. The number of primary amides is 1. The van der Waals surface area contributed by atoms with Crippen LogP contribution < -0.4 is 15.2 Å². The van der Waals surface area contributed by atoms with Crippen molar-refractivity contribution in [1.29, 1.82) is 5.26 Å². The van der Waals surface area contributed by atoms with Crippen molar-refractivity contribution in [3.05, 3.63) is 69.8 Å². The van der Waals surface area contributed by atoms with E-state index in [2.05, 4.69) is 23.0 Å². The molecule has 190 valence electrons. The van der Waals surface area contributed by atoms with Crippen molar-refractivity contribution in [3.8, 4) is 22.6 Å². The van der Waals surface area contributed by atoms with Gasteiger partial charge in [0.2, 0.25) is 0 Å². The first kappa shape index (κ1) is 25.1. The van der Waals surface area contributed by atoms with Gasteiger partial charge in [0.15, 0.2) is 0 Å². The van der Waals surface area contributed by atoms with Crippen LogP contribution >= 0.6 is 22.9 Å². The second-order valence-corrected chi connectivity index (χ2v) is 10.5. The number of hydrogen-bond donors (Lipinski definition) is 1. The maximum atomic E-state index is 12.3. The highest BCUT2D eigenvalue weighted by Crippen LogP contribution is 2.39. The van der Waals surface area contributed by atoms with Gasteiger partial charge in [-0.2, -0.15) is 5.26 Å². The van der Waals surface area contributed by atoms with Gasteiger partial charge in [-0.15, -0.1) is 11.3 Å². The maximum absolute atomic E-state index is 12.3. The summed E-state index contributed by atoms with van der Waals surface area (Å²) in [6, 6.07) is 14.8. The van der Waals surface area contributed by atoms with Gasteiger partial charge in [-0.1, -0.05) is 23.7 Å². The molecule has 1 fully saturated rings. The predicted octanol–water partition coefficient (Wildman–Crippen LogP) is 5.32. The number of nitriles is 1. The Kier molecular flexibility index (Phi) is 7.07. The Morgan fingerprint density at radius 2 is 2.03 bits per heavy atom. The van der Waals surface area contributed by atoms with E-state index in [9.17, 15) is 10.1 Å². The summed E-state index contributed by atoms with van der Waals surface area (Å²) in [7, 11) is 2.11. The van der Waals surface area contributed by atoms with Gasteiger partial charge in [-0.3, -0.25) is 9.36 Å². The van der Waals surface area contributed by atoms with Crippen LogP contribution in [-0.2, 0) is 0 Å². The molecule has 0 saturated carbocycles. The fraction of sp³-hybridized carbons (Fsp3) is 0.296. The molecule has 4 aromatic rings. The lowest BCUT2D eigenvalue weighted by Crippen LogP contribution is -2.35. The zero-order valence-electron chi connectivity index (χ0n) is 20.5. The fourth-order valence-corrected chi connectivity index (χ4v) is 5.71. The SMILES string of the molecule is CC(Oc1cc(-n2cnc3ccc(C#N)cc32)sc1C(N)=O)c1cccc(OC2CCN(C)CC2)c1Cl. The Hall–Kier alpha value is -3.58. The number of nitrogens with two attached hydrogens (primary N) is 1. The van der Waals surface area contributed by atoms with Gasteiger partial charge in [-0.25, -0.2) is 4.98 Å². The fourth-order valence-electron chi connectivity index (χ4n) is 4.46. The quantitative estimate of drug-likeness (QED) is 0.343. The summed E-state index contributed by atoms with van der Waals surface area (Å²) in [5, 5.41) is 10.5. The molecule has 1 saturated heterocycles. The molecule has 1 aliphatic rings. The van der Waals surface area contributed by atoms with Crippen LogP contribution in [0, 0.1) is 11.3 Å². The highest BCUT2D eigenvalue weighted by atomic mass is 35.5. The van der Waals surface area contributed by atoms with Crippen molar-refractivity contribution < 1.29 is 14.3 Å². The lowest BCUT2D eigenvalue weighted by Gasteiger charge is -2.30. The molecule has 5 rings (SSSR count). The zero-order chi connectivity index (χ0) is 26.1. The van der Waals surface area contributed by atoms with Crippen molar-refractivity contribution >= 4 is 39.9 Å². The van der Waals surface area contributed by atoms with Gasteiger partial charge in [0.25, 0.3) is 5.91 Å². The zero-order valence-corrected chi connectivity index (χ0v) is 22.1. The number of nitrogens with zero attached hydrogens (tertiary/aromatic N) is 4. The summed E-state index contributed by atoms with van der Waals surface area (Å²) in [4.78, 5) is 19.3. The minimum Gasteiger partial charge on any atom is -0.489 e. The number of rotatable bonds is 7. The van der Waals surface area contributed by atoms with Gasteiger partial charge in [0.05, 0.1) is 27.7 Å². The van der Waals surface area contributed by atoms with Crippen molar-refractivity contribution in [2.45, 2.75) is 32.0 Å². The molecule has 1 amide bonds. The Balaban J connectivity index is 1.41. The van der Waals surface area contributed by atoms with Crippen LogP contribution in [0.5, 0.6) is 11.5 Å². The number of piperidine rings is 1. The number of thiophene rings is 1. The Labute approximate surface area is 223 Å². The lowest BCUT2D eigenvalue weighted by molar-refractivity contribution is 0.0998. The minimum absolute atomic E-state index is 0.118. The smallest absolute Gasteiger partial charge is 0.262 e. The molecule has 37 heavy (non-hydrogen) atoms. The molecular formula is C27H26ClN5O3S. The predicted molar refractivity (Wildman–Crippen MR) is 144 cm³/mol. The number of carbonyl (C=O) groups is 1. The molecule has 0 radical (unpaired) electrons. The third-order valence-electron chi connectivity index (χ3n) is 6.52. The topological polar surface area (TPSA) is 106 Å². The van der Waals surface area contributed by atoms with Gasteiger partial charge >= 0.3 is 0 Å². The van der Waals surface area contributed by atoms with Gasteiger partial charge in [0, 0.05) is 24.7 Å². The normalized spacial score (nSPS) is 15.4. The molecule has 1 atom stereocenters. The summed E-state index contributed by atoms with van der Waals surface area (Å²) in [6.07, 6.45) is 3.19. The number of amides is 1. The van der Waals surface area contributed by atoms with Crippen LogP contribution in [0.3, 0.4) is 0 Å². The largest absolute Gasteiger partial charge is 0.489 e. The van der Waals surface area contributed by atoms with E-state index in [1.54, 1.807) is 30.6 Å². The minimum atomic E-state index is -0.592. The number of imidazole rings is 1. The summed E-state index contributed by atoms with van der Waals surface area (Å²) >= 11 is 7.96. The number of halogens is 1. The van der Waals surface area contributed by atoms with E-state index in [1.807, 2.05) is 29.7 Å². The van der Waals surface area contributed by atoms with Crippen LogP contribution in [0.1, 0.15) is 46.7 Å². The van der Waals surface area contributed by atoms with Gasteiger partial charge in [0.1, 0.15) is 39.9 Å². The van der Waals surface area contributed by atoms with Crippen LogP contribution in [0.15, 0.2) is 48.8 Å². The first-order chi connectivity index (χ1) is 17.8. The van der Waals surface area contributed by atoms with Crippen LogP contribution in [-0.4, -0.2) is 46.6 Å². The standard InChI is InChI=1S/C27H26ClN5O3S/c1-16(19-4-3-5-22(25(19)28)36-18-8-10-32(2)11-9-18)35-23-13-24(37-26(23)27(30)34)33-15-31-20-7-6-17(14-29)12-21(20)33/h3-7,12-13,15-16,18H,8-11H2,1-2H3,(H2,30,34). The Morgan fingerprint density at radius 3 is 2.76 bits per heavy atom. The van der Waals surface area contributed by atoms with E-state index in [0.717, 1.165) is 42.5 Å². The van der Waals surface area contributed by atoms with Gasteiger partial charge in [-0.05, 0) is 51.1 Å². The average molecular weight is 536 g/mol. The molecule has 1 unspecified atom stereocenters. The number of ether oxygens (including phenoxy) is 2. The summed E-state index contributed by atoms with van der Waals surface area (Å²) in [5.41, 5.74) is 8.45. The molecule has 2 aromatic carbocycles. The van der Waals surface area contributed by atoms with E-state index in [0.29, 0.717) is 27.1 Å². The first-order valence-electron chi connectivity index (χ1n) is 12.0. The number of carbonyl (C=O) groups excluding carboxylic acids is 1. The average Bonchev–Trinajstić information content (AvgIpc) is 3.50. The summed E-state index contributed by atoms with van der Waals surface area (Å²) < 4.78 is 14.3. The number of benzene rings is 2. The molecule has 10 heteroatoms. The molecular weight excluding hydrogens is 510 g/mol. The van der Waals surface area contributed by atoms with E-state index in [4.69, 9.17) is 26.8 Å². The molecule has 8 nitrogen and oxygen atoms in total. The van der Waals surface area contributed by atoms with E-state index in [-0.39, 0.29) is 11.0 Å². The van der Waals surface area contributed by atoms with Gasteiger partial charge < -0.3 is 20.1 Å².